The fourth-order valence-corrected chi connectivity index (χ4v) is 8.06. The maximum Gasteiger partial charge on any atom is 0.0596 e. The molecule has 0 aliphatic heterocycles. The van der Waals surface area contributed by atoms with Crippen molar-refractivity contribution in [3.8, 4) is 0 Å². The van der Waals surface area contributed by atoms with Crippen LogP contribution in [0.15, 0.2) is 0 Å². The molecular formula is C21H36O2. The maximum atomic E-state index is 10.6. The zero-order chi connectivity index (χ0) is 16.6. The minimum atomic E-state index is -0.126. The molecule has 0 amide bonds. The van der Waals surface area contributed by atoms with Crippen LogP contribution in [0.1, 0.15) is 79.1 Å². The Labute approximate surface area is 142 Å². The highest BCUT2D eigenvalue weighted by Gasteiger charge is 2.62. The molecule has 0 aromatic heterocycles. The largest absolute Gasteiger partial charge is 0.393 e. The SMILES string of the molecule is CC1(C)[C@H](O)CC[C@]2(C)[C@@H]3CC[C@]4(C)[C@H](O)CC[C@H]4[C@H]3CC[C@@H]12. The first-order chi connectivity index (χ1) is 10.7. The summed E-state index contributed by atoms with van der Waals surface area (Å²) in [6, 6.07) is 0. The monoisotopic (exact) mass is 320 g/mol. The van der Waals surface area contributed by atoms with Crippen molar-refractivity contribution in [2.75, 3.05) is 0 Å². The summed E-state index contributed by atoms with van der Waals surface area (Å²) in [6.45, 7) is 9.55. The molecule has 4 aliphatic rings. The van der Waals surface area contributed by atoms with Gasteiger partial charge in [0.25, 0.3) is 0 Å². The van der Waals surface area contributed by atoms with E-state index < -0.39 is 0 Å². The van der Waals surface area contributed by atoms with Crippen molar-refractivity contribution in [3.05, 3.63) is 0 Å². The topological polar surface area (TPSA) is 40.5 Å². The van der Waals surface area contributed by atoms with Crippen molar-refractivity contribution < 1.29 is 10.2 Å². The molecule has 8 atom stereocenters. The lowest BCUT2D eigenvalue weighted by atomic mass is 9.41. The lowest BCUT2D eigenvalue weighted by molar-refractivity contribution is -0.180. The van der Waals surface area contributed by atoms with Crippen molar-refractivity contribution in [1.82, 2.24) is 0 Å². The van der Waals surface area contributed by atoms with Crippen molar-refractivity contribution in [3.63, 3.8) is 0 Å². The second-order valence-electron chi connectivity index (χ2n) is 10.5. The molecular weight excluding hydrogens is 284 g/mol. The first-order valence-corrected chi connectivity index (χ1v) is 10.1. The average molecular weight is 321 g/mol. The molecule has 132 valence electrons. The molecule has 4 rings (SSSR count). The van der Waals surface area contributed by atoms with E-state index in [9.17, 15) is 10.2 Å². The number of fused-ring (bicyclic) bond motifs is 5. The molecule has 0 radical (unpaired) electrons. The Balaban J connectivity index is 1.67. The van der Waals surface area contributed by atoms with Gasteiger partial charge in [0.05, 0.1) is 12.2 Å². The summed E-state index contributed by atoms with van der Waals surface area (Å²) in [5.74, 6) is 3.04. The van der Waals surface area contributed by atoms with Gasteiger partial charge in [-0.05, 0) is 91.3 Å². The third-order valence-corrected chi connectivity index (χ3v) is 9.53. The van der Waals surface area contributed by atoms with Gasteiger partial charge in [0.2, 0.25) is 0 Å². The molecule has 4 saturated carbocycles. The fourth-order valence-electron chi connectivity index (χ4n) is 8.06. The standard InChI is InChI=1S/C21H36O2/c1-19(2)16-7-5-13-14-6-8-18(23)21(14,4)11-9-15(13)20(16,3)12-10-17(19)22/h13-18,22-23H,5-12H2,1-4H3/t13-,14+,15-,16+,17-,18-,20-,21+/m1/s1. The molecule has 2 N–H and O–H groups in total. The highest BCUT2D eigenvalue weighted by Crippen LogP contribution is 2.68. The summed E-state index contributed by atoms with van der Waals surface area (Å²) in [4.78, 5) is 0. The molecule has 2 nitrogen and oxygen atoms in total. The van der Waals surface area contributed by atoms with E-state index in [1.165, 1.54) is 38.5 Å². The number of aliphatic hydroxyl groups excluding tert-OH is 2. The van der Waals surface area contributed by atoms with Crippen LogP contribution < -0.4 is 0 Å². The summed E-state index contributed by atoms with van der Waals surface area (Å²) < 4.78 is 0. The Hall–Kier alpha value is -0.0800. The van der Waals surface area contributed by atoms with Gasteiger partial charge in [-0.2, -0.15) is 0 Å². The fraction of sp³-hybridized carbons (Fsp3) is 1.00. The number of hydrogen-bond acceptors (Lipinski definition) is 2. The van der Waals surface area contributed by atoms with Gasteiger partial charge in [-0.25, -0.2) is 0 Å². The molecule has 0 saturated heterocycles. The third-order valence-electron chi connectivity index (χ3n) is 9.53. The van der Waals surface area contributed by atoms with Crippen LogP contribution in [0.3, 0.4) is 0 Å². The molecule has 0 aromatic rings. The molecule has 4 aliphatic carbocycles. The first kappa shape index (κ1) is 16.4. The Bertz CT molecular complexity index is 486. The summed E-state index contributed by atoms with van der Waals surface area (Å²) >= 11 is 0. The van der Waals surface area contributed by atoms with Crippen molar-refractivity contribution in [2.24, 2.45) is 39.9 Å². The normalized spacial score (nSPS) is 58.2. The molecule has 0 heterocycles. The van der Waals surface area contributed by atoms with E-state index in [1.807, 2.05) is 0 Å². The van der Waals surface area contributed by atoms with E-state index in [4.69, 9.17) is 0 Å². The summed E-state index contributed by atoms with van der Waals surface area (Å²) in [5.41, 5.74) is 0.655. The Morgan fingerprint density at radius 1 is 0.652 bits per heavy atom. The van der Waals surface area contributed by atoms with Crippen LogP contribution in [0.25, 0.3) is 0 Å². The van der Waals surface area contributed by atoms with Crippen LogP contribution in [-0.4, -0.2) is 22.4 Å². The quantitative estimate of drug-likeness (QED) is 0.695. The molecule has 0 aromatic carbocycles. The van der Waals surface area contributed by atoms with Crippen LogP contribution in [0, 0.1) is 39.9 Å². The minimum absolute atomic E-state index is 0.0634. The van der Waals surface area contributed by atoms with E-state index in [-0.39, 0.29) is 23.0 Å². The molecule has 4 fully saturated rings. The summed E-state index contributed by atoms with van der Waals surface area (Å²) in [5, 5.41) is 21.1. The lowest BCUT2D eigenvalue weighted by Crippen LogP contribution is -2.59. The molecule has 0 unspecified atom stereocenters. The van der Waals surface area contributed by atoms with Gasteiger partial charge in [0.15, 0.2) is 0 Å². The van der Waals surface area contributed by atoms with E-state index in [0.29, 0.717) is 11.3 Å². The van der Waals surface area contributed by atoms with Gasteiger partial charge in [0, 0.05) is 0 Å². The average Bonchev–Trinajstić information content (AvgIpc) is 2.79. The van der Waals surface area contributed by atoms with Crippen molar-refractivity contribution in [1.29, 1.82) is 0 Å². The van der Waals surface area contributed by atoms with Crippen LogP contribution >= 0.6 is 0 Å². The second kappa shape index (κ2) is 4.97. The number of aliphatic hydroxyl groups is 2. The second-order valence-corrected chi connectivity index (χ2v) is 10.5. The summed E-state index contributed by atoms with van der Waals surface area (Å²) in [7, 11) is 0. The number of rotatable bonds is 0. The van der Waals surface area contributed by atoms with Crippen molar-refractivity contribution in [2.45, 2.75) is 91.3 Å². The zero-order valence-electron chi connectivity index (χ0n) is 15.5. The zero-order valence-corrected chi connectivity index (χ0v) is 15.5. The van der Waals surface area contributed by atoms with Gasteiger partial charge in [0.1, 0.15) is 0 Å². The van der Waals surface area contributed by atoms with Gasteiger partial charge < -0.3 is 10.2 Å². The van der Waals surface area contributed by atoms with E-state index in [2.05, 4.69) is 27.7 Å². The minimum Gasteiger partial charge on any atom is -0.393 e. The van der Waals surface area contributed by atoms with Crippen LogP contribution in [0.4, 0.5) is 0 Å². The van der Waals surface area contributed by atoms with Crippen molar-refractivity contribution >= 4 is 0 Å². The highest BCUT2D eigenvalue weighted by atomic mass is 16.3. The first-order valence-electron chi connectivity index (χ1n) is 10.1. The van der Waals surface area contributed by atoms with Crippen LogP contribution in [0.2, 0.25) is 0 Å². The third kappa shape index (κ3) is 2.00. The molecule has 23 heavy (non-hydrogen) atoms. The molecule has 0 spiro atoms. The van der Waals surface area contributed by atoms with Gasteiger partial charge in [-0.1, -0.05) is 27.7 Å². The maximum absolute atomic E-state index is 10.6. The highest BCUT2D eigenvalue weighted by molar-refractivity contribution is 5.12. The lowest BCUT2D eigenvalue weighted by Gasteiger charge is -2.64. The Morgan fingerprint density at radius 3 is 2.04 bits per heavy atom. The predicted molar refractivity (Wildman–Crippen MR) is 92.9 cm³/mol. The molecule has 0 bridgehead atoms. The van der Waals surface area contributed by atoms with E-state index in [1.54, 1.807) is 0 Å². The predicted octanol–water partition coefficient (Wildman–Crippen LogP) is 4.39. The van der Waals surface area contributed by atoms with E-state index >= 15 is 0 Å². The van der Waals surface area contributed by atoms with Crippen LogP contribution in [0.5, 0.6) is 0 Å². The van der Waals surface area contributed by atoms with Gasteiger partial charge in [-0.15, -0.1) is 0 Å². The van der Waals surface area contributed by atoms with Gasteiger partial charge in [-0.3, -0.25) is 0 Å². The molecule has 2 heteroatoms. The smallest absolute Gasteiger partial charge is 0.0596 e. The van der Waals surface area contributed by atoms with Gasteiger partial charge >= 0.3 is 0 Å². The summed E-state index contributed by atoms with van der Waals surface area (Å²) in [6.07, 6.45) is 9.38. The Morgan fingerprint density at radius 2 is 1.30 bits per heavy atom. The van der Waals surface area contributed by atoms with Crippen LogP contribution in [-0.2, 0) is 0 Å². The number of hydrogen-bond donors (Lipinski definition) is 2. The Kier molecular flexibility index (Phi) is 3.54. The van der Waals surface area contributed by atoms with E-state index in [0.717, 1.165) is 30.6 Å².